The van der Waals surface area contributed by atoms with Crippen LogP contribution in [0.3, 0.4) is 0 Å². The van der Waals surface area contributed by atoms with E-state index in [0.29, 0.717) is 0 Å². The van der Waals surface area contributed by atoms with Crippen molar-refractivity contribution in [1.29, 1.82) is 0 Å². The summed E-state index contributed by atoms with van der Waals surface area (Å²) in [6.07, 6.45) is 3.36. The van der Waals surface area contributed by atoms with Gasteiger partial charge >= 0.3 is 0 Å². The fraction of sp³-hybridized carbons (Fsp3) is 0.455. The Kier molecular flexibility index (Phi) is 4.52. The van der Waals surface area contributed by atoms with E-state index in [9.17, 15) is 0 Å². The standard InChI is InChI=1S/C11H16N6S/c1-3-5-12-9-6-10(16-8(4-2)15-9)18-11-13-7-14-17-11/h6-7H,3-5H2,1-2H3,(H,12,15,16)(H,13,14,17). The molecule has 0 aromatic carbocycles. The third-order valence-electron chi connectivity index (χ3n) is 2.22. The number of aromatic nitrogens is 5. The van der Waals surface area contributed by atoms with Gasteiger partial charge in [-0.25, -0.2) is 15.0 Å². The molecule has 2 aromatic rings. The van der Waals surface area contributed by atoms with Crippen molar-refractivity contribution in [3.05, 3.63) is 18.2 Å². The second-order valence-electron chi connectivity index (χ2n) is 3.68. The summed E-state index contributed by atoms with van der Waals surface area (Å²) in [5, 5.41) is 11.5. The maximum absolute atomic E-state index is 4.46. The lowest BCUT2D eigenvalue weighted by Crippen LogP contribution is -2.05. The molecule has 0 unspecified atom stereocenters. The number of anilines is 1. The molecular weight excluding hydrogens is 248 g/mol. The van der Waals surface area contributed by atoms with Gasteiger partial charge in [0, 0.05) is 19.0 Å². The molecule has 2 aromatic heterocycles. The molecule has 0 fully saturated rings. The molecule has 7 heteroatoms. The molecule has 0 radical (unpaired) electrons. The van der Waals surface area contributed by atoms with Crippen molar-refractivity contribution in [1.82, 2.24) is 25.1 Å². The number of nitrogens with zero attached hydrogens (tertiary/aromatic N) is 4. The van der Waals surface area contributed by atoms with Crippen LogP contribution in [0.1, 0.15) is 26.1 Å². The van der Waals surface area contributed by atoms with Gasteiger partial charge in [0.1, 0.15) is 23.0 Å². The summed E-state index contributed by atoms with van der Waals surface area (Å²) in [5.74, 6) is 1.70. The van der Waals surface area contributed by atoms with Gasteiger partial charge in [0.25, 0.3) is 0 Å². The van der Waals surface area contributed by atoms with Crippen molar-refractivity contribution < 1.29 is 0 Å². The lowest BCUT2D eigenvalue weighted by atomic mass is 10.4. The molecule has 6 nitrogen and oxygen atoms in total. The molecule has 0 aliphatic heterocycles. The maximum Gasteiger partial charge on any atom is 0.189 e. The van der Waals surface area contributed by atoms with Crippen molar-refractivity contribution in [2.24, 2.45) is 0 Å². The summed E-state index contributed by atoms with van der Waals surface area (Å²) in [7, 11) is 0. The van der Waals surface area contributed by atoms with E-state index < -0.39 is 0 Å². The quantitative estimate of drug-likeness (QED) is 0.778. The highest BCUT2D eigenvalue weighted by molar-refractivity contribution is 7.99. The molecule has 0 spiro atoms. The lowest BCUT2D eigenvalue weighted by molar-refractivity contribution is 0.873. The summed E-state index contributed by atoms with van der Waals surface area (Å²) in [5.41, 5.74) is 0. The first-order valence-corrected chi connectivity index (χ1v) is 6.78. The van der Waals surface area contributed by atoms with Crippen molar-refractivity contribution in [2.75, 3.05) is 11.9 Å². The summed E-state index contributed by atoms with van der Waals surface area (Å²) < 4.78 is 0. The summed E-state index contributed by atoms with van der Waals surface area (Å²) in [6, 6.07) is 1.93. The molecule has 0 amide bonds. The van der Waals surface area contributed by atoms with Gasteiger partial charge in [0.2, 0.25) is 0 Å². The zero-order valence-electron chi connectivity index (χ0n) is 10.5. The van der Waals surface area contributed by atoms with Crippen LogP contribution in [0.15, 0.2) is 22.6 Å². The third-order valence-corrected chi connectivity index (χ3v) is 3.02. The van der Waals surface area contributed by atoms with E-state index in [0.717, 1.165) is 41.2 Å². The van der Waals surface area contributed by atoms with Crippen molar-refractivity contribution in [2.45, 2.75) is 36.9 Å². The van der Waals surface area contributed by atoms with E-state index in [1.165, 1.54) is 18.1 Å². The fourth-order valence-electron chi connectivity index (χ4n) is 1.37. The number of hydrogen-bond acceptors (Lipinski definition) is 6. The Bertz CT molecular complexity index is 484. The fourth-order valence-corrected chi connectivity index (χ4v) is 2.09. The molecule has 0 atom stereocenters. The topological polar surface area (TPSA) is 79.4 Å². The molecule has 2 N–H and O–H groups in total. The van der Waals surface area contributed by atoms with Crippen LogP contribution in [0.5, 0.6) is 0 Å². The minimum absolute atomic E-state index is 0.734. The highest BCUT2D eigenvalue weighted by Gasteiger charge is 2.06. The monoisotopic (exact) mass is 264 g/mol. The van der Waals surface area contributed by atoms with Crippen LogP contribution >= 0.6 is 11.8 Å². The SMILES string of the molecule is CCCNc1cc(Sc2ncn[nH]2)nc(CC)n1. The molecule has 0 aliphatic rings. The highest BCUT2D eigenvalue weighted by atomic mass is 32.2. The Morgan fingerprint density at radius 2 is 2.22 bits per heavy atom. The van der Waals surface area contributed by atoms with Crippen LogP contribution in [-0.4, -0.2) is 31.7 Å². The van der Waals surface area contributed by atoms with E-state index in [-0.39, 0.29) is 0 Å². The molecule has 0 bridgehead atoms. The Hall–Kier alpha value is -1.63. The highest BCUT2D eigenvalue weighted by Crippen LogP contribution is 2.24. The molecule has 2 heterocycles. The van der Waals surface area contributed by atoms with Crippen LogP contribution in [-0.2, 0) is 6.42 Å². The van der Waals surface area contributed by atoms with Gasteiger partial charge < -0.3 is 5.32 Å². The Balaban J connectivity index is 2.17. The van der Waals surface area contributed by atoms with E-state index in [1.54, 1.807) is 0 Å². The average molecular weight is 264 g/mol. The van der Waals surface area contributed by atoms with Crippen LogP contribution in [0, 0.1) is 0 Å². The Morgan fingerprint density at radius 3 is 2.89 bits per heavy atom. The van der Waals surface area contributed by atoms with E-state index in [2.05, 4.69) is 37.4 Å². The van der Waals surface area contributed by atoms with Gasteiger partial charge in [-0.2, -0.15) is 5.10 Å². The molecule has 0 saturated carbocycles. The first-order chi connectivity index (χ1) is 8.81. The lowest BCUT2D eigenvalue weighted by Gasteiger charge is -2.07. The molecule has 2 rings (SSSR count). The number of nitrogens with one attached hydrogen (secondary N) is 2. The van der Waals surface area contributed by atoms with Crippen LogP contribution in [0.4, 0.5) is 5.82 Å². The number of aryl methyl sites for hydroxylation is 1. The van der Waals surface area contributed by atoms with Crippen LogP contribution in [0.2, 0.25) is 0 Å². The minimum Gasteiger partial charge on any atom is -0.370 e. The van der Waals surface area contributed by atoms with Crippen molar-refractivity contribution in [3.8, 4) is 0 Å². The molecule has 96 valence electrons. The van der Waals surface area contributed by atoms with Crippen molar-refractivity contribution >= 4 is 17.6 Å². The average Bonchev–Trinajstić information content (AvgIpc) is 2.89. The minimum atomic E-state index is 0.734. The van der Waals surface area contributed by atoms with Gasteiger partial charge in [-0.3, -0.25) is 5.10 Å². The molecule has 0 saturated heterocycles. The number of rotatable bonds is 6. The second kappa shape index (κ2) is 6.34. The van der Waals surface area contributed by atoms with E-state index in [1.807, 2.05) is 13.0 Å². The second-order valence-corrected chi connectivity index (χ2v) is 4.69. The van der Waals surface area contributed by atoms with Gasteiger partial charge in [-0.1, -0.05) is 13.8 Å². The van der Waals surface area contributed by atoms with Gasteiger partial charge in [-0.05, 0) is 18.2 Å². The van der Waals surface area contributed by atoms with Crippen LogP contribution in [0.25, 0.3) is 0 Å². The van der Waals surface area contributed by atoms with E-state index >= 15 is 0 Å². The first-order valence-electron chi connectivity index (χ1n) is 5.96. The molecule has 18 heavy (non-hydrogen) atoms. The first kappa shape index (κ1) is 12.8. The summed E-state index contributed by atoms with van der Waals surface area (Å²) in [4.78, 5) is 13.0. The zero-order chi connectivity index (χ0) is 12.8. The predicted molar refractivity (Wildman–Crippen MR) is 70.7 cm³/mol. The molecule has 0 aliphatic carbocycles. The maximum atomic E-state index is 4.46. The van der Waals surface area contributed by atoms with Gasteiger partial charge in [-0.15, -0.1) is 0 Å². The normalized spacial score (nSPS) is 10.6. The number of hydrogen-bond donors (Lipinski definition) is 2. The Labute approximate surface area is 110 Å². The number of aromatic amines is 1. The van der Waals surface area contributed by atoms with Crippen LogP contribution < -0.4 is 5.32 Å². The largest absolute Gasteiger partial charge is 0.370 e. The van der Waals surface area contributed by atoms with Gasteiger partial charge in [0.15, 0.2) is 5.16 Å². The smallest absolute Gasteiger partial charge is 0.189 e. The summed E-state index contributed by atoms with van der Waals surface area (Å²) >= 11 is 1.45. The van der Waals surface area contributed by atoms with Crippen molar-refractivity contribution in [3.63, 3.8) is 0 Å². The zero-order valence-corrected chi connectivity index (χ0v) is 11.3. The number of H-pyrrole nitrogens is 1. The van der Waals surface area contributed by atoms with Gasteiger partial charge in [0.05, 0.1) is 0 Å². The summed E-state index contributed by atoms with van der Waals surface area (Å²) in [6.45, 7) is 5.08. The Morgan fingerprint density at radius 1 is 1.33 bits per heavy atom. The molecular formula is C11H16N6S. The predicted octanol–water partition coefficient (Wildman–Crippen LogP) is 2.13. The van der Waals surface area contributed by atoms with E-state index in [4.69, 9.17) is 0 Å². The third kappa shape index (κ3) is 3.43.